The molecule has 2 N–H and O–H groups in total. The molecule has 0 aliphatic rings. The number of methoxy groups -OCH3 is 2. The van der Waals surface area contributed by atoms with Gasteiger partial charge in [0.15, 0.2) is 17.5 Å². The fourth-order valence-electron chi connectivity index (χ4n) is 2.68. The fourth-order valence-corrected chi connectivity index (χ4v) is 2.68. The van der Waals surface area contributed by atoms with Crippen molar-refractivity contribution in [2.75, 3.05) is 39.3 Å². The highest BCUT2D eigenvalue weighted by Gasteiger charge is 2.11. The highest BCUT2D eigenvalue weighted by atomic mass is 127. The largest absolute Gasteiger partial charge is 0.493 e. The summed E-state index contributed by atoms with van der Waals surface area (Å²) in [7, 11) is 3.05. The van der Waals surface area contributed by atoms with E-state index in [0.717, 1.165) is 17.9 Å². The first-order valence-electron chi connectivity index (χ1n) is 9.94. The van der Waals surface area contributed by atoms with Crippen molar-refractivity contribution in [2.24, 2.45) is 4.99 Å². The molecule has 2 aromatic rings. The SMILES string of the molecule is CCNC(=NCc1ccc(OC)c(OC(F)F)c1)Nc1cccc(OCCCOC)c1.I. The Bertz CT molecular complexity index is 841. The second kappa shape index (κ2) is 15.5. The number of nitrogens with zero attached hydrogens (tertiary/aromatic N) is 1. The van der Waals surface area contributed by atoms with Crippen molar-refractivity contribution in [3.8, 4) is 17.2 Å². The summed E-state index contributed by atoms with van der Waals surface area (Å²) >= 11 is 0. The van der Waals surface area contributed by atoms with E-state index in [4.69, 9.17) is 14.2 Å². The van der Waals surface area contributed by atoms with E-state index in [0.29, 0.717) is 31.3 Å². The van der Waals surface area contributed by atoms with Crippen molar-refractivity contribution in [3.05, 3.63) is 48.0 Å². The summed E-state index contributed by atoms with van der Waals surface area (Å²) in [6, 6.07) is 12.4. The van der Waals surface area contributed by atoms with Crippen LogP contribution in [-0.2, 0) is 11.3 Å². The zero-order valence-corrected chi connectivity index (χ0v) is 20.7. The fraction of sp³-hybridized carbons (Fsp3) is 0.409. The number of benzene rings is 2. The molecule has 32 heavy (non-hydrogen) atoms. The van der Waals surface area contributed by atoms with Crippen molar-refractivity contribution in [1.29, 1.82) is 0 Å². The highest BCUT2D eigenvalue weighted by molar-refractivity contribution is 14.0. The van der Waals surface area contributed by atoms with Crippen LogP contribution in [-0.4, -0.2) is 46.5 Å². The minimum atomic E-state index is -2.93. The summed E-state index contributed by atoms with van der Waals surface area (Å²) in [5.41, 5.74) is 1.50. The maximum atomic E-state index is 12.6. The number of hydrogen-bond donors (Lipinski definition) is 2. The lowest BCUT2D eigenvalue weighted by atomic mass is 10.2. The Balaban J connectivity index is 0.00000512. The molecule has 0 aliphatic heterocycles. The second-order valence-corrected chi connectivity index (χ2v) is 6.41. The van der Waals surface area contributed by atoms with Gasteiger partial charge in [0.1, 0.15) is 5.75 Å². The molecule has 2 aromatic carbocycles. The first-order chi connectivity index (χ1) is 15.0. The minimum Gasteiger partial charge on any atom is -0.493 e. The molecule has 0 aliphatic carbocycles. The van der Waals surface area contributed by atoms with Gasteiger partial charge in [-0.2, -0.15) is 8.78 Å². The smallest absolute Gasteiger partial charge is 0.387 e. The van der Waals surface area contributed by atoms with Crippen molar-refractivity contribution in [1.82, 2.24) is 5.32 Å². The molecule has 0 radical (unpaired) electrons. The van der Waals surface area contributed by atoms with Gasteiger partial charge < -0.3 is 29.6 Å². The summed E-state index contributed by atoms with van der Waals surface area (Å²) < 4.78 is 45.6. The van der Waals surface area contributed by atoms with Crippen LogP contribution in [0.3, 0.4) is 0 Å². The predicted molar refractivity (Wildman–Crippen MR) is 132 cm³/mol. The maximum Gasteiger partial charge on any atom is 0.387 e. The van der Waals surface area contributed by atoms with Crippen LogP contribution in [0, 0.1) is 0 Å². The number of nitrogens with one attached hydrogen (secondary N) is 2. The Morgan fingerprint density at radius 3 is 2.56 bits per heavy atom. The lowest BCUT2D eigenvalue weighted by molar-refractivity contribution is -0.0512. The molecule has 2 rings (SSSR count). The van der Waals surface area contributed by atoms with Gasteiger partial charge in [0, 0.05) is 38.4 Å². The summed E-state index contributed by atoms with van der Waals surface area (Å²) in [6.07, 6.45) is 0.803. The monoisotopic (exact) mass is 565 g/mol. The summed E-state index contributed by atoms with van der Waals surface area (Å²) in [5, 5.41) is 6.38. The zero-order chi connectivity index (χ0) is 22.5. The third-order valence-electron chi connectivity index (χ3n) is 4.07. The maximum absolute atomic E-state index is 12.6. The summed E-state index contributed by atoms with van der Waals surface area (Å²) in [6.45, 7) is 1.13. The molecule has 0 bridgehead atoms. The van der Waals surface area contributed by atoms with Crippen LogP contribution < -0.4 is 24.8 Å². The van der Waals surface area contributed by atoms with Crippen molar-refractivity contribution in [3.63, 3.8) is 0 Å². The van der Waals surface area contributed by atoms with Crippen LogP contribution in [0.4, 0.5) is 14.5 Å². The van der Waals surface area contributed by atoms with E-state index in [1.807, 2.05) is 31.2 Å². The molecule has 0 saturated heterocycles. The van der Waals surface area contributed by atoms with E-state index in [2.05, 4.69) is 20.4 Å². The van der Waals surface area contributed by atoms with Gasteiger partial charge in [-0.3, -0.25) is 0 Å². The lowest BCUT2D eigenvalue weighted by Gasteiger charge is -2.14. The minimum absolute atomic E-state index is 0. The normalized spacial score (nSPS) is 11.0. The van der Waals surface area contributed by atoms with Gasteiger partial charge in [-0.1, -0.05) is 12.1 Å². The zero-order valence-electron chi connectivity index (χ0n) is 18.4. The number of aliphatic imine (C=N–C) groups is 1. The highest BCUT2D eigenvalue weighted by Crippen LogP contribution is 2.29. The molecule has 0 saturated carbocycles. The van der Waals surface area contributed by atoms with E-state index in [1.165, 1.54) is 13.2 Å². The Morgan fingerprint density at radius 1 is 1.06 bits per heavy atom. The number of anilines is 1. The van der Waals surface area contributed by atoms with E-state index in [9.17, 15) is 8.78 Å². The van der Waals surface area contributed by atoms with E-state index < -0.39 is 6.61 Å². The number of rotatable bonds is 12. The molecule has 0 fully saturated rings. The van der Waals surface area contributed by atoms with Gasteiger partial charge in [-0.05, 0) is 36.8 Å². The van der Waals surface area contributed by atoms with Gasteiger partial charge in [0.25, 0.3) is 0 Å². The quantitative estimate of drug-likeness (QED) is 0.165. The first-order valence-corrected chi connectivity index (χ1v) is 9.94. The Hall–Kier alpha value is -2.34. The number of alkyl halides is 2. The van der Waals surface area contributed by atoms with Crippen LogP contribution in [0.5, 0.6) is 17.2 Å². The lowest BCUT2D eigenvalue weighted by Crippen LogP contribution is -2.30. The molecule has 0 amide bonds. The Morgan fingerprint density at radius 2 is 1.88 bits per heavy atom. The summed E-state index contributed by atoms with van der Waals surface area (Å²) in [4.78, 5) is 4.52. The number of guanidine groups is 1. The van der Waals surface area contributed by atoms with Crippen LogP contribution in [0.1, 0.15) is 18.9 Å². The number of halogens is 3. The van der Waals surface area contributed by atoms with Crippen molar-refractivity contribution in [2.45, 2.75) is 26.5 Å². The van der Waals surface area contributed by atoms with Gasteiger partial charge in [-0.15, -0.1) is 24.0 Å². The van der Waals surface area contributed by atoms with Gasteiger partial charge in [0.2, 0.25) is 0 Å². The van der Waals surface area contributed by atoms with Crippen molar-refractivity contribution >= 4 is 35.6 Å². The summed E-state index contributed by atoms with van der Waals surface area (Å²) in [5.74, 6) is 1.49. The van der Waals surface area contributed by atoms with E-state index >= 15 is 0 Å². The molecule has 0 atom stereocenters. The van der Waals surface area contributed by atoms with Crippen LogP contribution >= 0.6 is 24.0 Å². The van der Waals surface area contributed by atoms with Gasteiger partial charge >= 0.3 is 6.61 Å². The van der Waals surface area contributed by atoms with Crippen molar-refractivity contribution < 1.29 is 27.7 Å². The van der Waals surface area contributed by atoms with E-state index in [-0.39, 0.29) is 42.0 Å². The van der Waals surface area contributed by atoms with Crippen LogP contribution in [0.15, 0.2) is 47.5 Å². The molecule has 0 unspecified atom stereocenters. The molecular weight excluding hydrogens is 535 g/mol. The Labute approximate surface area is 204 Å². The van der Waals surface area contributed by atoms with Gasteiger partial charge in [-0.25, -0.2) is 4.99 Å². The average Bonchev–Trinajstić information content (AvgIpc) is 2.75. The molecular formula is C22H30F2IN3O4. The third kappa shape index (κ3) is 9.86. The molecule has 10 heteroatoms. The predicted octanol–water partition coefficient (Wildman–Crippen LogP) is 4.91. The third-order valence-corrected chi connectivity index (χ3v) is 4.07. The molecule has 178 valence electrons. The van der Waals surface area contributed by atoms with Crippen LogP contribution in [0.25, 0.3) is 0 Å². The van der Waals surface area contributed by atoms with Gasteiger partial charge in [0.05, 0.1) is 20.3 Å². The second-order valence-electron chi connectivity index (χ2n) is 6.41. The van der Waals surface area contributed by atoms with E-state index in [1.54, 1.807) is 19.2 Å². The molecule has 0 spiro atoms. The standard InChI is InChI=1S/C22H29F2N3O4.HI/c1-4-25-22(27-17-7-5-8-18(14-17)30-12-6-11-28-2)26-15-16-9-10-19(29-3)20(13-16)31-21(23)24;/h5,7-10,13-14,21H,4,6,11-12,15H2,1-3H3,(H2,25,26,27);1H. The van der Waals surface area contributed by atoms with Crippen LogP contribution in [0.2, 0.25) is 0 Å². The molecule has 0 heterocycles. The topological polar surface area (TPSA) is 73.3 Å². The molecule has 7 nitrogen and oxygen atoms in total. The number of hydrogen-bond acceptors (Lipinski definition) is 5. The molecule has 0 aromatic heterocycles. The number of ether oxygens (including phenoxy) is 4. The average molecular weight is 565 g/mol. The first kappa shape index (κ1) is 27.7. The Kier molecular flexibility index (Phi) is 13.4.